The summed E-state index contributed by atoms with van der Waals surface area (Å²) >= 11 is 0. The zero-order valence-corrected chi connectivity index (χ0v) is 11.9. The molecule has 4 heteroatoms. The van der Waals surface area contributed by atoms with Crippen LogP contribution < -0.4 is 5.32 Å². The normalized spacial score (nSPS) is 15.5. The highest BCUT2D eigenvalue weighted by Crippen LogP contribution is 2.13. The SMILES string of the molecule is CC(C)NC(C)C(C)Cc1ncnn1C(C)C. The molecule has 98 valence electrons. The molecule has 1 rings (SSSR count). The van der Waals surface area contributed by atoms with E-state index < -0.39 is 0 Å². The Morgan fingerprint density at radius 2 is 1.82 bits per heavy atom. The summed E-state index contributed by atoms with van der Waals surface area (Å²) in [7, 11) is 0. The molecule has 1 aromatic rings. The van der Waals surface area contributed by atoms with Crippen molar-refractivity contribution in [3.8, 4) is 0 Å². The van der Waals surface area contributed by atoms with Gasteiger partial charge in [0.05, 0.1) is 0 Å². The second-order valence-electron chi connectivity index (χ2n) is 5.51. The number of hydrogen-bond donors (Lipinski definition) is 1. The van der Waals surface area contributed by atoms with Crippen molar-refractivity contribution in [1.29, 1.82) is 0 Å². The van der Waals surface area contributed by atoms with Crippen molar-refractivity contribution in [2.45, 2.75) is 66.1 Å². The maximum Gasteiger partial charge on any atom is 0.138 e. The minimum absolute atomic E-state index is 0.382. The summed E-state index contributed by atoms with van der Waals surface area (Å²) in [6, 6.07) is 1.40. The van der Waals surface area contributed by atoms with Crippen LogP contribution in [0.2, 0.25) is 0 Å². The van der Waals surface area contributed by atoms with E-state index in [2.05, 4.69) is 56.9 Å². The van der Waals surface area contributed by atoms with Crippen molar-refractivity contribution in [3.05, 3.63) is 12.2 Å². The van der Waals surface area contributed by atoms with Gasteiger partial charge in [0.25, 0.3) is 0 Å². The first-order chi connectivity index (χ1) is 7.91. The third-order valence-electron chi connectivity index (χ3n) is 3.09. The fourth-order valence-electron chi connectivity index (χ4n) is 2.01. The fraction of sp³-hybridized carbons (Fsp3) is 0.846. The van der Waals surface area contributed by atoms with Crippen molar-refractivity contribution >= 4 is 0 Å². The van der Waals surface area contributed by atoms with E-state index >= 15 is 0 Å². The van der Waals surface area contributed by atoms with E-state index in [1.807, 2.05) is 4.68 Å². The topological polar surface area (TPSA) is 42.7 Å². The molecule has 0 saturated heterocycles. The third-order valence-corrected chi connectivity index (χ3v) is 3.09. The quantitative estimate of drug-likeness (QED) is 0.827. The smallest absolute Gasteiger partial charge is 0.138 e. The Hall–Kier alpha value is -0.900. The minimum Gasteiger partial charge on any atom is -0.312 e. The van der Waals surface area contributed by atoms with Crippen LogP contribution in [0, 0.1) is 5.92 Å². The highest BCUT2D eigenvalue weighted by atomic mass is 15.3. The number of hydrogen-bond acceptors (Lipinski definition) is 3. The number of rotatable bonds is 6. The van der Waals surface area contributed by atoms with Gasteiger partial charge in [0.2, 0.25) is 0 Å². The molecule has 0 fully saturated rings. The van der Waals surface area contributed by atoms with Crippen LogP contribution >= 0.6 is 0 Å². The lowest BCUT2D eigenvalue weighted by molar-refractivity contribution is 0.358. The summed E-state index contributed by atoms with van der Waals surface area (Å²) < 4.78 is 2.01. The highest BCUT2D eigenvalue weighted by Gasteiger charge is 2.17. The van der Waals surface area contributed by atoms with Crippen LogP contribution in [0.4, 0.5) is 0 Å². The first kappa shape index (κ1) is 14.2. The van der Waals surface area contributed by atoms with Crippen LogP contribution in [0.15, 0.2) is 6.33 Å². The lowest BCUT2D eigenvalue weighted by atomic mass is 9.98. The van der Waals surface area contributed by atoms with Gasteiger partial charge in [-0.3, -0.25) is 0 Å². The number of nitrogens with one attached hydrogen (secondary N) is 1. The zero-order chi connectivity index (χ0) is 13.0. The van der Waals surface area contributed by atoms with E-state index in [-0.39, 0.29) is 0 Å². The molecule has 2 atom stereocenters. The molecule has 0 radical (unpaired) electrons. The summed E-state index contributed by atoms with van der Waals surface area (Å²) in [5, 5.41) is 7.82. The Labute approximate surface area is 105 Å². The highest BCUT2D eigenvalue weighted by molar-refractivity contribution is 4.90. The minimum atomic E-state index is 0.382. The van der Waals surface area contributed by atoms with Crippen molar-refractivity contribution < 1.29 is 0 Å². The molecule has 0 amide bonds. The molecule has 1 heterocycles. The molecule has 0 aliphatic carbocycles. The fourth-order valence-corrected chi connectivity index (χ4v) is 2.01. The molecular formula is C13H26N4. The maximum absolute atomic E-state index is 4.36. The van der Waals surface area contributed by atoms with Crippen molar-refractivity contribution in [2.75, 3.05) is 0 Å². The third kappa shape index (κ3) is 4.11. The van der Waals surface area contributed by atoms with Crippen molar-refractivity contribution in [1.82, 2.24) is 20.1 Å². The summed E-state index contributed by atoms with van der Waals surface area (Å²) in [5.41, 5.74) is 0. The summed E-state index contributed by atoms with van der Waals surface area (Å²) in [6.07, 6.45) is 2.63. The Morgan fingerprint density at radius 1 is 1.18 bits per heavy atom. The van der Waals surface area contributed by atoms with E-state index in [0.717, 1.165) is 12.2 Å². The first-order valence-corrected chi connectivity index (χ1v) is 6.56. The Bertz CT molecular complexity index is 330. The van der Waals surface area contributed by atoms with Crippen LogP contribution in [0.1, 0.15) is 53.4 Å². The summed E-state index contributed by atoms with van der Waals surface area (Å²) in [6.45, 7) is 13.1. The monoisotopic (exact) mass is 238 g/mol. The van der Waals surface area contributed by atoms with Crippen LogP contribution in [-0.4, -0.2) is 26.8 Å². The van der Waals surface area contributed by atoms with Gasteiger partial charge in [0, 0.05) is 24.5 Å². The molecule has 0 aliphatic rings. The summed E-state index contributed by atoms with van der Waals surface area (Å²) in [4.78, 5) is 4.36. The van der Waals surface area contributed by atoms with Crippen molar-refractivity contribution in [3.63, 3.8) is 0 Å². The van der Waals surface area contributed by atoms with Gasteiger partial charge >= 0.3 is 0 Å². The molecule has 0 aliphatic heterocycles. The first-order valence-electron chi connectivity index (χ1n) is 6.56. The molecule has 17 heavy (non-hydrogen) atoms. The predicted octanol–water partition coefficient (Wildman–Crippen LogP) is 2.42. The number of aromatic nitrogens is 3. The predicted molar refractivity (Wildman–Crippen MR) is 71.0 cm³/mol. The van der Waals surface area contributed by atoms with Gasteiger partial charge in [-0.25, -0.2) is 9.67 Å². The van der Waals surface area contributed by atoms with Crippen LogP contribution in [-0.2, 0) is 6.42 Å². The molecule has 0 saturated carbocycles. The molecule has 1 N–H and O–H groups in total. The van der Waals surface area contributed by atoms with Gasteiger partial charge in [0.1, 0.15) is 12.2 Å². The standard InChI is InChI=1S/C13H26N4/c1-9(2)16-12(6)11(5)7-13-14-8-15-17(13)10(3)4/h8-12,16H,7H2,1-6H3. The van der Waals surface area contributed by atoms with E-state index in [4.69, 9.17) is 0 Å². The van der Waals surface area contributed by atoms with Gasteiger partial charge in [-0.05, 0) is 26.7 Å². The van der Waals surface area contributed by atoms with E-state index in [9.17, 15) is 0 Å². The summed E-state index contributed by atoms with van der Waals surface area (Å²) in [5.74, 6) is 1.64. The molecule has 0 bridgehead atoms. The van der Waals surface area contributed by atoms with E-state index in [1.165, 1.54) is 0 Å². The van der Waals surface area contributed by atoms with Crippen LogP contribution in [0.25, 0.3) is 0 Å². The van der Waals surface area contributed by atoms with Crippen molar-refractivity contribution in [2.24, 2.45) is 5.92 Å². The second-order valence-corrected chi connectivity index (χ2v) is 5.51. The van der Waals surface area contributed by atoms with E-state index in [0.29, 0.717) is 24.0 Å². The zero-order valence-electron chi connectivity index (χ0n) is 11.9. The van der Waals surface area contributed by atoms with Gasteiger partial charge in [-0.15, -0.1) is 0 Å². The van der Waals surface area contributed by atoms with Gasteiger partial charge in [0.15, 0.2) is 0 Å². The van der Waals surface area contributed by atoms with Crippen LogP contribution in [0.3, 0.4) is 0 Å². The molecule has 2 unspecified atom stereocenters. The Balaban J connectivity index is 2.61. The average Bonchev–Trinajstić information content (AvgIpc) is 2.64. The average molecular weight is 238 g/mol. The Kier molecular flexibility index (Phi) is 5.12. The molecule has 4 nitrogen and oxygen atoms in total. The molecule has 0 spiro atoms. The Morgan fingerprint density at radius 3 is 2.35 bits per heavy atom. The lowest BCUT2D eigenvalue weighted by Gasteiger charge is -2.23. The van der Waals surface area contributed by atoms with Gasteiger partial charge in [-0.2, -0.15) is 5.10 Å². The van der Waals surface area contributed by atoms with E-state index in [1.54, 1.807) is 6.33 Å². The van der Waals surface area contributed by atoms with Crippen LogP contribution in [0.5, 0.6) is 0 Å². The van der Waals surface area contributed by atoms with Gasteiger partial charge < -0.3 is 5.32 Å². The molecule has 0 aromatic carbocycles. The number of nitrogens with zero attached hydrogens (tertiary/aromatic N) is 3. The molecular weight excluding hydrogens is 212 g/mol. The molecule has 1 aromatic heterocycles. The largest absolute Gasteiger partial charge is 0.312 e. The van der Waals surface area contributed by atoms with Gasteiger partial charge in [-0.1, -0.05) is 20.8 Å². The second kappa shape index (κ2) is 6.15. The maximum atomic E-state index is 4.36. The lowest BCUT2D eigenvalue weighted by Crippen LogP contribution is -2.38.